The van der Waals surface area contributed by atoms with Crippen molar-refractivity contribution in [2.45, 2.75) is 51.7 Å². The van der Waals surface area contributed by atoms with Crippen molar-refractivity contribution in [2.24, 2.45) is 0 Å². The highest BCUT2D eigenvalue weighted by Gasteiger charge is 2.34. The lowest BCUT2D eigenvalue weighted by Gasteiger charge is -2.26. The lowest BCUT2D eigenvalue weighted by molar-refractivity contribution is -0.146. The van der Waals surface area contributed by atoms with Crippen molar-refractivity contribution in [1.82, 2.24) is 5.32 Å². The predicted molar refractivity (Wildman–Crippen MR) is 138 cm³/mol. The van der Waals surface area contributed by atoms with E-state index in [1.807, 2.05) is 60.7 Å². The van der Waals surface area contributed by atoms with Gasteiger partial charge in [-0.25, -0.2) is 14.0 Å². The quantitative estimate of drug-likeness (QED) is 0.356. The number of ether oxygens (including phenoxy) is 4. The van der Waals surface area contributed by atoms with Crippen molar-refractivity contribution in [2.75, 3.05) is 7.11 Å². The number of rotatable bonds is 10. The molecule has 202 valence electrons. The molecule has 0 saturated heterocycles. The number of carbonyl (C=O) groups is 2. The molecule has 0 bridgehead atoms. The van der Waals surface area contributed by atoms with Crippen LogP contribution >= 0.6 is 0 Å². The Morgan fingerprint density at radius 3 is 1.87 bits per heavy atom. The summed E-state index contributed by atoms with van der Waals surface area (Å²) >= 11 is 0. The van der Waals surface area contributed by atoms with E-state index in [0.717, 1.165) is 24.3 Å². The molecule has 9 heteroatoms. The highest BCUT2D eigenvalue weighted by Crippen LogP contribution is 2.35. The van der Waals surface area contributed by atoms with Gasteiger partial charge < -0.3 is 29.4 Å². The first-order valence-electron chi connectivity index (χ1n) is 12.0. The standard InChI is InChI=1S/C29H32FNO7/c1-29(2,3)38-28(34)31-25(27(33)35-4)26(32)21-15-23(36-17-19-11-7-5-8-12-19)24(16-22(21)30)37-18-20-13-9-6-10-14-20/h5-16,25-26,32H,17-18H2,1-4H3,(H,31,34)/t25-,26+/m0/s1. The fraction of sp³-hybridized carbons (Fsp3) is 0.310. The minimum absolute atomic E-state index is 0.105. The molecule has 0 saturated carbocycles. The van der Waals surface area contributed by atoms with Crippen LogP contribution in [0.25, 0.3) is 0 Å². The summed E-state index contributed by atoms with van der Waals surface area (Å²) in [5.74, 6) is -1.61. The highest BCUT2D eigenvalue weighted by molar-refractivity contribution is 5.82. The van der Waals surface area contributed by atoms with Crippen molar-refractivity contribution in [1.29, 1.82) is 0 Å². The van der Waals surface area contributed by atoms with Gasteiger partial charge in [0.25, 0.3) is 0 Å². The van der Waals surface area contributed by atoms with E-state index in [1.54, 1.807) is 20.8 Å². The summed E-state index contributed by atoms with van der Waals surface area (Å²) in [6.45, 7) is 5.20. The van der Waals surface area contributed by atoms with Gasteiger partial charge in [0.15, 0.2) is 17.5 Å². The first-order valence-corrected chi connectivity index (χ1v) is 12.0. The fourth-order valence-corrected chi connectivity index (χ4v) is 3.48. The molecule has 0 fully saturated rings. The Labute approximate surface area is 221 Å². The number of amides is 1. The van der Waals surface area contributed by atoms with Crippen LogP contribution in [0.4, 0.5) is 9.18 Å². The summed E-state index contributed by atoms with van der Waals surface area (Å²) in [7, 11) is 1.09. The molecule has 0 aliphatic heterocycles. The first kappa shape index (κ1) is 28.5. The number of esters is 1. The van der Waals surface area contributed by atoms with Crippen LogP contribution < -0.4 is 14.8 Å². The molecule has 8 nitrogen and oxygen atoms in total. The van der Waals surface area contributed by atoms with E-state index < -0.39 is 35.6 Å². The minimum atomic E-state index is -1.82. The molecule has 3 aromatic carbocycles. The van der Waals surface area contributed by atoms with E-state index in [9.17, 15) is 14.7 Å². The molecule has 0 radical (unpaired) electrons. The largest absolute Gasteiger partial charge is 0.485 e. The molecular formula is C29H32FNO7. The molecule has 1 amide bonds. The second-order valence-electron chi connectivity index (χ2n) is 9.46. The van der Waals surface area contributed by atoms with Gasteiger partial charge in [-0.15, -0.1) is 0 Å². The van der Waals surface area contributed by atoms with Gasteiger partial charge in [-0.2, -0.15) is 0 Å². The van der Waals surface area contributed by atoms with Crippen LogP contribution in [0.3, 0.4) is 0 Å². The zero-order valence-electron chi connectivity index (χ0n) is 21.8. The molecule has 38 heavy (non-hydrogen) atoms. The zero-order valence-corrected chi connectivity index (χ0v) is 21.8. The number of halogens is 1. The minimum Gasteiger partial charge on any atom is -0.485 e. The average Bonchev–Trinajstić information content (AvgIpc) is 2.89. The maximum Gasteiger partial charge on any atom is 0.408 e. The van der Waals surface area contributed by atoms with Gasteiger partial charge in [0.05, 0.1) is 7.11 Å². The number of benzene rings is 3. The Morgan fingerprint density at radius 2 is 1.39 bits per heavy atom. The fourth-order valence-electron chi connectivity index (χ4n) is 3.48. The highest BCUT2D eigenvalue weighted by atomic mass is 19.1. The van der Waals surface area contributed by atoms with E-state index in [-0.39, 0.29) is 30.3 Å². The Morgan fingerprint density at radius 1 is 0.895 bits per heavy atom. The normalized spacial score (nSPS) is 12.7. The van der Waals surface area contributed by atoms with Crippen molar-refractivity contribution in [3.05, 3.63) is 95.3 Å². The van der Waals surface area contributed by atoms with E-state index >= 15 is 4.39 Å². The third-order valence-electron chi connectivity index (χ3n) is 5.30. The smallest absolute Gasteiger partial charge is 0.408 e. The Bertz CT molecular complexity index is 1210. The summed E-state index contributed by atoms with van der Waals surface area (Å²) in [6, 6.07) is 19.3. The van der Waals surface area contributed by atoms with Crippen molar-refractivity contribution < 1.29 is 38.0 Å². The monoisotopic (exact) mass is 525 g/mol. The Hall–Kier alpha value is -4.11. The molecule has 0 spiro atoms. The molecule has 0 aliphatic carbocycles. The molecule has 0 unspecified atom stereocenters. The van der Waals surface area contributed by atoms with Crippen molar-refractivity contribution in [3.63, 3.8) is 0 Å². The molecule has 3 rings (SSSR count). The van der Waals surface area contributed by atoms with E-state index in [2.05, 4.69) is 5.32 Å². The summed E-state index contributed by atoms with van der Waals surface area (Å²) in [6.07, 6.45) is -2.80. The second-order valence-corrected chi connectivity index (χ2v) is 9.46. The number of hydrogen-bond acceptors (Lipinski definition) is 7. The van der Waals surface area contributed by atoms with Crippen LogP contribution in [0.15, 0.2) is 72.8 Å². The SMILES string of the molecule is COC(=O)[C@@H](NC(=O)OC(C)(C)C)[C@H](O)c1cc(OCc2ccccc2)c(OCc2ccccc2)cc1F. The van der Waals surface area contributed by atoms with Gasteiger partial charge >= 0.3 is 12.1 Å². The second kappa shape index (κ2) is 12.9. The van der Waals surface area contributed by atoms with E-state index in [1.165, 1.54) is 6.07 Å². The summed E-state index contributed by atoms with van der Waals surface area (Å²) in [4.78, 5) is 24.8. The van der Waals surface area contributed by atoms with Gasteiger partial charge in [-0.05, 0) is 38.0 Å². The van der Waals surface area contributed by atoms with Crippen LogP contribution in [0.2, 0.25) is 0 Å². The van der Waals surface area contributed by atoms with Crippen LogP contribution in [0.1, 0.15) is 43.6 Å². The maximum atomic E-state index is 15.3. The molecular weight excluding hydrogens is 493 g/mol. The van der Waals surface area contributed by atoms with Crippen molar-refractivity contribution in [3.8, 4) is 11.5 Å². The summed E-state index contributed by atoms with van der Waals surface area (Å²) in [5, 5.41) is 13.3. The molecule has 0 aliphatic rings. The predicted octanol–water partition coefficient (Wildman–Crippen LogP) is 5.08. The topological polar surface area (TPSA) is 103 Å². The summed E-state index contributed by atoms with van der Waals surface area (Å²) < 4.78 is 37.0. The van der Waals surface area contributed by atoms with Crippen LogP contribution in [0.5, 0.6) is 11.5 Å². The molecule has 3 aromatic rings. The summed E-state index contributed by atoms with van der Waals surface area (Å²) in [5.41, 5.74) is 0.550. The van der Waals surface area contributed by atoms with Crippen molar-refractivity contribution >= 4 is 12.1 Å². The number of hydrogen-bond donors (Lipinski definition) is 2. The van der Waals surface area contributed by atoms with Crippen LogP contribution in [-0.2, 0) is 27.5 Å². The average molecular weight is 526 g/mol. The Kier molecular flexibility index (Phi) is 9.67. The molecule has 0 aromatic heterocycles. The number of aliphatic hydroxyl groups is 1. The number of alkyl carbamates (subject to hydrolysis) is 1. The first-order chi connectivity index (χ1) is 18.1. The maximum absolute atomic E-state index is 15.3. The Balaban J connectivity index is 1.92. The van der Waals surface area contributed by atoms with Crippen LogP contribution in [0, 0.1) is 5.82 Å². The van der Waals surface area contributed by atoms with Gasteiger partial charge in [0.1, 0.15) is 30.7 Å². The zero-order chi connectivity index (χ0) is 27.7. The van der Waals surface area contributed by atoms with Gasteiger partial charge in [-0.1, -0.05) is 60.7 Å². The molecule has 2 atom stereocenters. The number of aliphatic hydroxyl groups excluding tert-OH is 1. The molecule has 0 heterocycles. The lowest BCUT2D eigenvalue weighted by atomic mass is 10.0. The molecule has 2 N–H and O–H groups in total. The van der Waals surface area contributed by atoms with Crippen LogP contribution in [-0.4, -0.2) is 35.9 Å². The lowest BCUT2D eigenvalue weighted by Crippen LogP contribution is -2.47. The number of carbonyl (C=O) groups excluding carboxylic acids is 2. The van der Waals surface area contributed by atoms with Gasteiger partial charge in [0, 0.05) is 11.6 Å². The van der Waals surface area contributed by atoms with Gasteiger partial charge in [-0.3, -0.25) is 0 Å². The third kappa shape index (κ3) is 8.21. The van der Waals surface area contributed by atoms with Gasteiger partial charge in [0.2, 0.25) is 0 Å². The number of nitrogens with one attached hydrogen (secondary N) is 1. The van der Waals surface area contributed by atoms with E-state index in [0.29, 0.717) is 0 Å². The third-order valence-corrected chi connectivity index (χ3v) is 5.30. The number of methoxy groups -OCH3 is 1. The van der Waals surface area contributed by atoms with E-state index in [4.69, 9.17) is 18.9 Å².